The molecule has 0 saturated carbocycles. The molecule has 24 heavy (non-hydrogen) atoms. The van der Waals surface area contributed by atoms with Crippen molar-refractivity contribution in [3.63, 3.8) is 0 Å². The molecule has 0 aliphatic heterocycles. The molecule has 0 fully saturated rings. The maximum absolute atomic E-state index is 11.8. The van der Waals surface area contributed by atoms with Crippen molar-refractivity contribution in [1.82, 2.24) is 5.43 Å². The Balaban J connectivity index is 1.75. The molecule has 0 unspecified atom stereocenters. The van der Waals surface area contributed by atoms with E-state index in [-0.39, 0.29) is 12.3 Å². The van der Waals surface area contributed by atoms with Gasteiger partial charge < -0.3 is 5.32 Å². The molecule has 2 rings (SSSR count). The Morgan fingerprint density at radius 3 is 2.46 bits per heavy atom. The van der Waals surface area contributed by atoms with Crippen molar-refractivity contribution in [3.05, 3.63) is 71.8 Å². The fraction of sp³-hybridized carbons (Fsp3) is 0.105. The highest BCUT2D eigenvalue weighted by molar-refractivity contribution is 6.03. The Morgan fingerprint density at radius 1 is 1.00 bits per heavy atom. The van der Waals surface area contributed by atoms with Gasteiger partial charge in [0.1, 0.15) is 6.42 Å². The average Bonchev–Trinajstić information content (AvgIpc) is 2.57. The maximum atomic E-state index is 11.8. The number of hydrogen-bond donors (Lipinski definition) is 2. The average molecular weight is 321 g/mol. The van der Waals surface area contributed by atoms with E-state index < -0.39 is 5.91 Å². The minimum absolute atomic E-state index is 0.284. The van der Waals surface area contributed by atoms with E-state index in [0.717, 1.165) is 11.1 Å². The lowest BCUT2D eigenvalue weighted by molar-refractivity contribution is -0.126. The first-order valence-corrected chi connectivity index (χ1v) is 7.54. The molecule has 0 aliphatic carbocycles. The first kappa shape index (κ1) is 17.1. The highest BCUT2D eigenvalue weighted by Crippen LogP contribution is 2.13. The highest BCUT2D eigenvalue weighted by Gasteiger charge is 2.09. The predicted octanol–water partition coefficient (Wildman–Crippen LogP) is 3.14. The summed E-state index contributed by atoms with van der Waals surface area (Å²) in [4.78, 5) is 23.5. The summed E-state index contributed by atoms with van der Waals surface area (Å²) < 4.78 is 0. The molecule has 0 spiro atoms. The van der Waals surface area contributed by atoms with Gasteiger partial charge in [-0.2, -0.15) is 5.10 Å². The first-order chi connectivity index (χ1) is 11.6. The number of amides is 2. The van der Waals surface area contributed by atoms with E-state index in [1.807, 2.05) is 61.5 Å². The number of anilines is 1. The summed E-state index contributed by atoms with van der Waals surface area (Å²) in [6.45, 7) is 1.89. The monoisotopic (exact) mass is 321 g/mol. The molecule has 0 bridgehead atoms. The van der Waals surface area contributed by atoms with Crippen molar-refractivity contribution in [2.75, 3.05) is 5.32 Å². The number of carbonyl (C=O) groups excluding carboxylic acids is 2. The van der Waals surface area contributed by atoms with Crippen LogP contribution in [0.5, 0.6) is 0 Å². The second-order valence-electron chi connectivity index (χ2n) is 5.12. The van der Waals surface area contributed by atoms with Crippen LogP contribution in [-0.2, 0) is 9.59 Å². The Hall–Kier alpha value is -3.21. The number of aryl methyl sites for hydroxylation is 1. The topological polar surface area (TPSA) is 70.6 Å². The number of para-hydroxylation sites is 1. The number of benzene rings is 2. The summed E-state index contributed by atoms with van der Waals surface area (Å²) in [5.41, 5.74) is 4.99. The molecule has 5 heteroatoms. The van der Waals surface area contributed by atoms with Crippen LogP contribution in [0, 0.1) is 6.92 Å². The van der Waals surface area contributed by atoms with E-state index in [4.69, 9.17) is 0 Å². The van der Waals surface area contributed by atoms with Gasteiger partial charge in [-0.15, -0.1) is 0 Å². The zero-order valence-corrected chi connectivity index (χ0v) is 13.4. The van der Waals surface area contributed by atoms with Crippen LogP contribution < -0.4 is 10.7 Å². The summed E-state index contributed by atoms with van der Waals surface area (Å²) in [5.74, 6) is -0.845. The Kier molecular flexibility index (Phi) is 6.46. The third kappa shape index (κ3) is 5.88. The van der Waals surface area contributed by atoms with E-state index in [0.29, 0.717) is 5.69 Å². The largest absolute Gasteiger partial charge is 0.325 e. The van der Waals surface area contributed by atoms with E-state index in [1.165, 1.54) is 6.21 Å². The van der Waals surface area contributed by atoms with Crippen LogP contribution >= 0.6 is 0 Å². The maximum Gasteiger partial charge on any atom is 0.249 e. The normalized spacial score (nSPS) is 10.9. The SMILES string of the molecule is Cc1ccccc1NC(=O)CC(=O)NN=CC=Cc1ccccc1. The number of allylic oxidation sites excluding steroid dienone is 1. The quantitative estimate of drug-likeness (QED) is 0.487. The van der Waals surface area contributed by atoms with Gasteiger partial charge >= 0.3 is 0 Å². The molecule has 2 N–H and O–H groups in total. The molecule has 122 valence electrons. The molecular formula is C19H19N3O2. The van der Waals surface area contributed by atoms with Crippen LogP contribution in [0.4, 0.5) is 5.69 Å². The molecule has 5 nitrogen and oxygen atoms in total. The molecule has 0 saturated heterocycles. The molecule has 0 radical (unpaired) electrons. The van der Waals surface area contributed by atoms with Crippen LogP contribution in [0.2, 0.25) is 0 Å². The third-order valence-electron chi connectivity index (χ3n) is 3.18. The lowest BCUT2D eigenvalue weighted by atomic mass is 10.2. The molecule has 2 aromatic carbocycles. The van der Waals surface area contributed by atoms with Crippen LogP contribution in [0.3, 0.4) is 0 Å². The van der Waals surface area contributed by atoms with Gasteiger partial charge in [-0.3, -0.25) is 9.59 Å². The van der Waals surface area contributed by atoms with Gasteiger partial charge in [0.05, 0.1) is 0 Å². The highest BCUT2D eigenvalue weighted by atomic mass is 16.2. The summed E-state index contributed by atoms with van der Waals surface area (Å²) >= 11 is 0. The number of carbonyl (C=O) groups is 2. The van der Waals surface area contributed by atoms with Crippen molar-refractivity contribution in [2.45, 2.75) is 13.3 Å². The number of nitrogens with one attached hydrogen (secondary N) is 2. The second kappa shape index (κ2) is 9.05. The summed E-state index contributed by atoms with van der Waals surface area (Å²) in [6.07, 6.45) is 4.75. The van der Waals surface area contributed by atoms with Crippen molar-refractivity contribution in [2.24, 2.45) is 5.10 Å². The van der Waals surface area contributed by atoms with Crippen LogP contribution in [0.25, 0.3) is 6.08 Å². The van der Waals surface area contributed by atoms with Gasteiger partial charge in [-0.1, -0.05) is 54.6 Å². The smallest absolute Gasteiger partial charge is 0.249 e. The van der Waals surface area contributed by atoms with Gasteiger partial charge in [-0.05, 0) is 30.2 Å². The number of rotatable bonds is 6. The van der Waals surface area contributed by atoms with Crippen molar-refractivity contribution >= 4 is 29.8 Å². The Bertz CT molecular complexity index is 752. The summed E-state index contributed by atoms with van der Waals surface area (Å²) in [5, 5.41) is 6.47. The molecular weight excluding hydrogens is 302 g/mol. The molecule has 2 amide bonds. The van der Waals surface area contributed by atoms with E-state index in [9.17, 15) is 9.59 Å². The third-order valence-corrected chi connectivity index (χ3v) is 3.18. The fourth-order valence-electron chi connectivity index (χ4n) is 1.96. The number of hydrogen-bond acceptors (Lipinski definition) is 3. The zero-order valence-electron chi connectivity index (χ0n) is 13.4. The molecule has 0 aromatic heterocycles. The lowest BCUT2D eigenvalue weighted by Gasteiger charge is -2.07. The minimum Gasteiger partial charge on any atom is -0.325 e. The molecule has 0 atom stereocenters. The molecule has 0 heterocycles. The van der Waals surface area contributed by atoms with Gasteiger partial charge in [0.25, 0.3) is 0 Å². The minimum atomic E-state index is -0.467. The predicted molar refractivity (Wildman–Crippen MR) is 96.5 cm³/mol. The van der Waals surface area contributed by atoms with E-state index in [2.05, 4.69) is 15.8 Å². The van der Waals surface area contributed by atoms with Crippen LogP contribution in [-0.4, -0.2) is 18.0 Å². The number of nitrogens with zero attached hydrogens (tertiary/aromatic N) is 1. The van der Waals surface area contributed by atoms with Gasteiger partial charge in [-0.25, -0.2) is 5.43 Å². The van der Waals surface area contributed by atoms with Crippen molar-refractivity contribution in [1.29, 1.82) is 0 Å². The standard InChI is InChI=1S/C19H19N3O2/c1-15-8-5-6-12-17(15)21-18(23)14-19(24)22-20-13-7-11-16-9-3-2-4-10-16/h2-13H,14H2,1H3,(H,21,23)(H,22,24). The zero-order chi connectivity index (χ0) is 17.2. The Labute approximate surface area is 141 Å². The summed E-state index contributed by atoms with van der Waals surface area (Å²) in [7, 11) is 0. The van der Waals surface area contributed by atoms with Crippen LogP contribution in [0.1, 0.15) is 17.5 Å². The van der Waals surface area contributed by atoms with Crippen LogP contribution in [0.15, 0.2) is 65.8 Å². The molecule has 2 aromatic rings. The van der Waals surface area contributed by atoms with Crippen molar-refractivity contribution in [3.8, 4) is 0 Å². The summed E-state index contributed by atoms with van der Waals surface area (Å²) in [6, 6.07) is 17.1. The fourth-order valence-corrected chi connectivity index (χ4v) is 1.96. The lowest BCUT2D eigenvalue weighted by Crippen LogP contribution is -2.24. The Morgan fingerprint density at radius 2 is 1.71 bits per heavy atom. The van der Waals surface area contributed by atoms with Gasteiger partial charge in [0.15, 0.2) is 0 Å². The van der Waals surface area contributed by atoms with Crippen molar-refractivity contribution < 1.29 is 9.59 Å². The second-order valence-corrected chi connectivity index (χ2v) is 5.12. The van der Waals surface area contributed by atoms with E-state index >= 15 is 0 Å². The first-order valence-electron chi connectivity index (χ1n) is 7.54. The molecule has 0 aliphatic rings. The van der Waals surface area contributed by atoms with Gasteiger partial charge in [0.2, 0.25) is 11.8 Å². The van der Waals surface area contributed by atoms with E-state index in [1.54, 1.807) is 12.1 Å². The number of hydrazone groups is 1. The van der Waals surface area contributed by atoms with Gasteiger partial charge in [0, 0.05) is 11.9 Å².